The second-order valence-electron chi connectivity index (χ2n) is 7.72. The molecule has 2 atom stereocenters. The van der Waals surface area contributed by atoms with E-state index >= 15 is 0 Å². The molecule has 0 saturated carbocycles. The highest BCUT2D eigenvalue weighted by atomic mass is 127. The van der Waals surface area contributed by atoms with E-state index in [2.05, 4.69) is 52.4 Å². The molecule has 2 amide bonds. The van der Waals surface area contributed by atoms with Crippen LogP contribution in [0.3, 0.4) is 0 Å². The lowest BCUT2D eigenvalue weighted by molar-refractivity contribution is -0.114. The third kappa shape index (κ3) is 4.20. The second kappa shape index (κ2) is 8.35. The molecule has 2 aliphatic heterocycles. The lowest BCUT2D eigenvalue weighted by atomic mass is 9.95. The van der Waals surface area contributed by atoms with Crippen molar-refractivity contribution in [3.63, 3.8) is 0 Å². The van der Waals surface area contributed by atoms with Gasteiger partial charge in [-0.05, 0) is 72.8 Å². The van der Waals surface area contributed by atoms with Gasteiger partial charge in [0, 0.05) is 51.8 Å². The number of rotatable bonds is 3. The van der Waals surface area contributed by atoms with E-state index < -0.39 is 11.8 Å². The molecular weight excluding hydrogens is 498 g/mol. The molecule has 156 valence electrons. The molecule has 0 bridgehead atoms. The average molecular weight is 520 g/mol. The Morgan fingerprint density at radius 1 is 1.07 bits per heavy atom. The number of fused-ring (bicyclic) bond motifs is 1. The number of nitrogens with zero attached hydrogens (tertiary/aromatic N) is 1. The Hall–Kier alpha value is -2.46. The molecule has 0 aromatic heterocycles. The molecule has 1 saturated heterocycles. The van der Waals surface area contributed by atoms with Crippen LogP contribution in [0.15, 0.2) is 42.6 Å². The summed E-state index contributed by atoms with van der Waals surface area (Å²) in [6, 6.07) is 10.8. The van der Waals surface area contributed by atoms with Gasteiger partial charge in [0.1, 0.15) is 5.82 Å². The standard InChI is InChI=1S/C22H22FIN4O2/c1-12-10-28(11-13(2)26-12)20-6-4-15(8-19(20)23)25-9-18-17-7-14(24)3-5-16(17)21(29)27-22(18)30/h3-9,12-13,25-26H,10-11H2,1-2H3,(H,27,29,30)/t12-,13+. The summed E-state index contributed by atoms with van der Waals surface area (Å²) in [4.78, 5) is 26.5. The van der Waals surface area contributed by atoms with Gasteiger partial charge in [-0.2, -0.15) is 0 Å². The van der Waals surface area contributed by atoms with E-state index in [-0.39, 0.29) is 17.9 Å². The maximum atomic E-state index is 14.8. The van der Waals surface area contributed by atoms with Crippen LogP contribution >= 0.6 is 22.6 Å². The van der Waals surface area contributed by atoms with E-state index in [1.54, 1.807) is 24.3 Å². The van der Waals surface area contributed by atoms with Gasteiger partial charge < -0.3 is 15.5 Å². The number of anilines is 2. The van der Waals surface area contributed by atoms with Crippen molar-refractivity contribution >= 4 is 51.4 Å². The topological polar surface area (TPSA) is 73.5 Å². The van der Waals surface area contributed by atoms with Gasteiger partial charge in [0.05, 0.1) is 11.3 Å². The quantitative estimate of drug-likeness (QED) is 0.329. The normalized spacial score (nSPS) is 22.7. The van der Waals surface area contributed by atoms with Crippen molar-refractivity contribution in [3.05, 3.63) is 63.1 Å². The number of hydrogen-bond donors (Lipinski definition) is 3. The fraction of sp³-hybridized carbons (Fsp3) is 0.273. The third-order valence-electron chi connectivity index (χ3n) is 5.22. The summed E-state index contributed by atoms with van der Waals surface area (Å²) in [6.07, 6.45) is 1.51. The van der Waals surface area contributed by atoms with Gasteiger partial charge in [0.2, 0.25) is 0 Å². The maximum Gasteiger partial charge on any atom is 0.260 e. The van der Waals surface area contributed by atoms with Gasteiger partial charge in [0.15, 0.2) is 0 Å². The van der Waals surface area contributed by atoms with E-state index in [0.29, 0.717) is 28.1 Å². The molecule has 2 aliphatic rings. The Morgan fingerprint density at radius 3 is 2.50 bits per heavy atom. The number of hydrogen-bond acceptors (Lipinski definition) is 5. The fourth-order valence-corrected chi connectivity index (χ4v) is 4.46. The van der Waals surface area contributed by atoms with Gasteiger partial charge in [0.25, 0.3) is 11.8 Å². The number of benzene rings is 2. The Kier molecular flexibility index (Phi) is 5.79. The molecule has 0 radical (unpaired) electrons. The zero-order valence-electron chi connectivity index (χ0n) is 16.6. The van der Waals surface area contributed by atoms with E-state index in [0.717, 1.165) is 16.7 Å². The summed E-state index contributed by atoms with van der Waals surface area (Å²) in [5.41, 5.74) is 2.42. The zero-order valence-corrected chi connectivity index (χ0v) is 18.8. The minimum Gasteiger partial charge on any atom is -0.366 e. The van der Waals surface area contributed by atoms with E-state index in [1.807, 2.05) is 11.0 Å². The largest absolute Gasteiger partial charge is 0.366 e. The molecule has 3 N–H and O–H groups in total. The van der Waals surface area contributed by atoms with E-state index in [4.69, 9.17) is 0 Å². The number of carbonyl (C=O) groups excluding carboxylic acids is 2. The molecule has 0 aliphatic carbocycles. The summed E-state index contributed by atoms with van der Waals surface area (Å²) in [7, 11) is 0. The number of nitrogens with one attached hydrogen (secondary N) is 3. The first kappa shape index (κ1) is 20.8. The maximum absolute atomic E-state index is 14.8. The monoisotopic (exact) mass is 520 g/mol. The van der Waals surface area contributed by atoms with Crippen molar-refractivity contribution in [3.8, 4) is 0 Å². The van der Waals surface area contributed by atoms with E-state index in [1.165, 1.54) is 12.3 Å². The predicted molar refractivity (Wildman–Crippen MR) is 124 cm³/mol. The smallest absolute Gasteiger partial charge is 0.260 e. The van der Waals surface area contributed by atoms with Crippen molar-refractivity contribution in [2.75, 3.05) is 23.3 Å². The van der Waals surface area contributed by atoms with Crippen LogP contribution in [-0.2, 0) is 4.79 Å². The highest BCUT2D eigenvalue weighted by molar-refractivity contribution is 14.1. The Morgan fingerprint density at radius 2 is 1.80 bits per heavy atom. The van der Waals surface area contributed by atoms with Crippen LogP contribution in [0.1, 0.15) is 29.8 Å². The molecule has 2 aromatic rings. The number of amides is 2. The minimum atomic E-state index is -0.483. The van der Waals surface area contributed by atoms with Crippen LogP contribution < -0.4 is 20.9 Å². The molecular formula is C22H22FIN4O2. The first-order chi connectivity index (χ1) is 14.3. The van der Waals surface area contributed by atoms with Gasteiger partial charge in [-0.3, -0.25) is 14.9 Å². The Balaban J connectivity index is 1.58. The molecule has 6 nitrogen and oxygen atoms in total. The van der Waals surface area contributed by atoms with Crippen LogP contribution in [0, 0.1) is 9.39 Å². The molecule has 4 rings (SSSR count). The van der Waals surface area contributed by atoms with Crippen molar-refractivity contribution in [1.82, 2.24) is 10.6 Å². The number of imide groups is 1. The fourth-order valence-electron chi connectivity index (χ4n) is 3.97. The Bertz CT molecular complexity index is 1050. The summed E-state index contributed by atoms with van der Waals surface area (Å²) < 4.78 is 15.7. The number of piperazine rings is 1. The van der Waals surface area contributed by atoms with Crippen molar-refractivity contribution < 1.29 is 14.0 Å². The molecule has 30 heavy (non-hydrogen) atoms. The first-order valence-electron chi connectivity index (χ1n) is 9.74. The predicted octanol–water partition coefficient (Wildman–Crippen LogP) is 3.34. The van der Waals surface area contributed by atoms with Crippen LogP contribution in [0.25, 0.3) is 5.57 Å². The van der Waals surface area contributed by atoms with Gasteiger partial charge in [-0.15, -0.1) is 0 Å². The van der Waals surface area contributed by atoms with Crippen LogP contribution in [-0.4, -0.2) is 37.0 Å². The van der Waals surface area contributed by atoms with Crippen molar-refractivity contribution in [1.29, 1.82) is 0 Å². The Labute approximate surface area is 188 Å². The van der Waals surface area contributed by atoms with Crippen LogP contribution in [0.4, 0.5) is 15.8 Å². The second-order valence-corrected chi connectivity index (χ2v) is 8.96. The molecule has 2 heterocycles. The van der Waals surface area contributed by atoms with Gasteiger partial charge in [-0.1, -0.05) is 0 Å². The lowest BCUT2D eigenvalue weighted by Crippen LogP contribution is -2.54. The molecule has 8 heteroatoms. The zero-order chi connectivity index (χ0) is 21.4. The summed E-state index contributed by atoms with van der Waals surface area (Å²) in [5, 5.41) is 8.78. The SMILES string of the molecule is C[C@@H]1CN(c2ccc(NC=C3C(=O)NC(=O)c4ccc(I)cc43)cc2F)C[C@H](C)N1. The van der Waals surface area contributed by atoms with Crippen molar-refractivity contribution in [2.24, 2.45) is 0 Å². The van der Waals surface area contributed by atoms with Gasteiger partial charge >= 0.3 is 0 Å². The van der Waals surface area contributed by atoms with Crippen molar-refractivity contribution in [2.45, 2.75) is 25.9 Å². The molecule has 1 fully saturated rings. The van der Waals surface area contributed by atoms with Crippen LogP contribution in [0.2, 0.25) is 0 Å². The lowest BCUT2D eigenvalue weighted by Gasteiger charge is -2.37. The van der Waals surface area contributed by atoms with Gasteiger partial charge in [-0.25, -0.2) is 4.39 Å². The molecule has 0 unspecified atom stereocenters. The summed E-state index contributed by atoms with van der Waals surface area (Å²) >= 11 is 2.13. The third-order valence-corrected chi connectivity index (χ3v) is 5.89. The minimum absolute atomic E-state index is 0.283. The van der Waals surface area contributed by atoms with E-state index in [9.17, 15) is 14.0 Å². The number of carbonyl (C=O) groups is 2. The summed E-state index contributed by atoms with van der Waals surface area (Å²) in [6.45, 7) is 5.65. The highest BCUT2D eigenvalue weighted by Crippen LogP contribution is 2.28. The molecule has 2 aromatic carbocycles. The summed E-state index contributed by atoms with van der Waals surface area (Å²) in [5.74, 6) is -1.22. The van der Waals surface area contributed by atoms with Crippen LogP contribution in [0.5, 0.6) is 0 Å². The first-order valence-corrected chi connectivity index (χ1v) is 10.8. The molecule has 0 spiro atoms. The number of halogens is 2. The average Bonchev–Trinajstić information content (AvgIpc) is 2.66. The highest BCUT2D eigenvalue weighted by Gasteiger charge is 2.27.